The predicted octanol–water partition coefficient (Wildman–Crippen LogP) is 5.10. The van der Waals surface area contributed by atoms with Crippen LogP contribution in [-0.2, 0) is 35.1 Å². The smallest absolute Gasteiger partial charge is 0.338 e. The summed E-state index contributed by atoms with van der Waals surface area (Å²) in [5.74, 6) is -6.03. The second-order valence-corrected chi connectivity index (χ2v) is 12.7. The summed E-state index contributed by atoms with van der Waals surface area (Å²) in [6.45, 7) is -0.640. The molecule has 0 spiro atoms. The van der Waals surface area contributed by atoms with Gasteiger partial charge >= 0.3 is 23.8 Å². The van der Waals surface area contributed by atoms with Crippen LogP contribution in [0.2, 0.25) is 0 Å². The maximum atomic E-state index is 14.4. The van der Waals surface area contributed by atoms with Crippen LogP contribution in [-0.4, -0.2) is 82.6 Å². The summed E-state index contributed by atoms with van der Waals surface area (Å²) < 4.78 is 24.6. The molecule has 12 heteroatoms. The Balaban J connectivity index is 1.37. The lowest BCUT2D eigenvalue weighted by Crippen LogP contribution is -2.78. The van der Waals surface area contributed by atoms with E-state index < -0.39 is 72.8 Å². The van der Waals surface area contributed by atoms with Crippen LogP contribution in [0.5, 0.6) is 0 Å². The molecule has 5 aromatic rings. The number of ether oxygens (including phenoxy) is 4. The number of carbonyl (C=O) groups excluding carboxylic acids is 6. The summed E-state index contributed by atoms with van der Waals surface area (Å²) >= 11 is 0. The number of imide groups is 2. The van der Waals surface area contributed by atoms with Crippen molar-refractivity contribution in [2.24, 2.45) is 0 Å². The van der Waals surface area contributed by atoms with Gasteiger partial charge in [-0.15, -0.1) is 0 Å². The number of esters is 2. The van der Waals surface area contributed by atoms with Gasteiger partial charge in [-0.3, -0.25) is 29.0 Å². The van der Waals surface area contributed by atoms with Gasteiger partial charge < -0.3 is 18.9 Å². The minimum absolute atomic E-state index is 0.0404. The van der Waals surface area contributed by atoms with Crippen molar-refractivity contribution in [1.29, 1.82) is 0 Å². The van der Waals surface area contributed by atoms with Crippen molar-refractivity contribution in [1.82, 2.24) is 9.80 Å². The number of rotatable bonds is 10. The fourth-order valence-electron chi connectivity index (χ4n) is 6.60. The predicted molar refractivity (Wildman–Crippen MR) is 195 cm³/mol. The molecule has 0 aromatic heterocycles. The van der Waals surface area contributed by atoms with Crippen molar-refractivity contribution in [2.75, 3.05) is 6.61 Å². The zero-order valence-electron chi connectivity index (χ0n) is 29.2. The SMILES string of the molecule is O=C(OC[C@H]1O[C@H](OCc2ccccc2)[C@H]2[C@H]([C@@H]1OC(=O)c1ccccc1)N(C(=O)c1ccccc1)C(=O)C(=O)N2C(=O)c1ccccc1)c1ccccc1. The second-order valence-electron chi connectivity index (χ2n) is 12.7. The van der Waals surface area contributed by atoms with Gasteiger partial charge in [-0.2, -0.15) is 0 Å². The number of hydrogen-bond donors (Lipinski definition) is 0. The highest BCUT2D eigenvalue weighted by Gasteiger charge is 2.62. The Morgan fingerprint density at radius 1 is 0.527 bits per heavy atom. The molecule has 2 saturated heterocycles. The molecule has 0 unspecified atom stereocenters. The number of piperazine rings is 1. The quantitative estimate of drug-likeness (QED) is 0.108. The van der Waals surface area contributed by atoms with E-state index in [2.05, 4.69) is 0 Å². The minimum atomic E-state index is -1.60. The van der Waals surface area contributed by atoms with Crippen molar-refractivity contribution in [3.8, 4) is 0 Å². The van der Waals surface area contributed by atoms with Gasteiger partial charge in [0.15, 0.2) is 12.4 Å². The Labute approximate surface area is 315 Å². The van der Waals surface area contributed by atoms with Crippen LogP contribution in [0.15, 0.2) is 152 Å². The van der Waals surface area contributed by atoms with E-state index in [9.17, 15) is 28.8 Å². The average molecular weight is 739 g/mol. The Morgan fingerprint density at radius 3 is 1.44 bits per heavy atom. The molecule has 2 aliphatic rings. The van der Waals surface area contributed by atoms with Gasteiger partial charge in [-0.1, -0.05) is 103 Å². The summed E-state index contributed by atoms with van der Waals surface area (Å²) in [6.07, 6.45) is -4.52. The Kier molecular flexibility index (Phi) is 11.0. The molecule has 5 aromatic carbocycles. The van der Waals surface area contributed by atoms with E-state index in [-0.39, 0.29) is 28.9 Å². The van der Waals surface area contributed by atoms with Gasteiger partial charge in [0.25, 0.3) is 11.8 Å². The molecule has 2 heterocycles. The van der Waals surface area contributed by atoms with Crippen molar-refractivity contribution >= 4 is 35.6 Å². The van der Waals surface area contributed by atoms with Gasteiger partial charge in [0, 0.05) is 11.1 Å². The zero-order valence-corrected chi connectivity index (χ0v) is 29.2. The standard InChI is InChI=1S/C43H34N2O10/c46-37(29-18-8-2-9-19-29)44-34-35(45(40(49)39(44)48)38(47)30-20-10-3-11-21-30)43(53-26-28-16-6-1-7-17-28)54-33(27-52-41(50)31-22-12-4-13-23-31)36(34)55-42(51)32-24-14-5-15-25-32/h1-25,33-36,43H,26-27H2/t33-,34-,35-,36-,43+/m1/s1. The molecular formula is C43H34N2O10. The van der Waals surface area contributed by atoms with Crippen LogP contribution >= 0.6 is 0 Å². The molecule has 7 rings (SSSR count). The van der Waals surface area contributed by atoms with E-state index in [1.807, 2.05) is 6.07 Å². The molecule has 5 atom stereocenters. The average Bonchev–Trinajstić information content (AvgIpc) is 3.24. The van der Waals surface area contributed by atoms with Crippen molar-refractivity contribution < 1.29 is 47.7 Å². The first-order chi connectivity index (χ1) is 26.8. The molecule has 0 N–H and O–H groups in total. The molecule has 2 fully saturated rings. The fraction of sp³-hybridized carbons (Fsp3) is 0.163. The number of amides is 4. The topological polar surface area (TPSA) is 146 Å². The van der Waals surface area contributed by atoms with E-state index in [4.69, 9.17) is 18.9 Å². The van der Waals surface area contributed by atoms with Crippen molar-refractivity contribution in [2.45, 2.75) is 37.2 Å². The summed E-state index contributed by atoms with van der Waals surface area (Å²) in [5.41, 5.74) is 1.15. The molecular weight excluding hydrogens is 704 g/mol. The third-order valence-electron chi connectivity index (χ3n) is 9.23. The number of carbonyl (C=O) groups is 6. The van der Waals surface area contributed by atoms with E-state index in [0.717, 1.165) is 0 Å². The summed E-state index contributed by atoms with van der Waals surface area (Å²) in [7, 11) is 0. The molecule has 4 amide bonds. The lowest BCUT2D eigenvalue weighted by Gasteiger charge is -2.53. The lowest BCUT2D eigenvalue weighted by molar-refractivity contribution is -0.274. The van der Waals surface area contributed by atoms with Crippen molar-refractivity contribution in [3.63, 3.8) is 0 Å². The maximum absolute atomic E-state index is 14.4. The van der Waals surface area contributed by atoms with E-state index >= 15 is 0 Å². The first-order valence-corrected chi connectivity index (χ1v) is 17.5. The van der Waals surface area contributed by atoms with Crippen molar-refractivity contribution in [3.05, 3.63) is 179 Å². The van der Waals surface area contributed by atoms with Gasteiger partial charge in [-0.05, 0) is 54.1 Å². The summed E-state index contributed by atoms with van der Waals surface area (Å²) in [6, 6.07) is 37.5. The van der Waals surface area contributed by atoms with Gasteiger partial charge in [0.05, 0.1) is 17.7 Å². The highest BCUT2D eigenvalue weighted by atomic mass is 16.7. The molecule has 0 saturated carbocycles. The van der Waals surface area contributed by atoms with Gasteiger partial charge in [-0.25, -0.2) is 9.59 Å². The van der Waals surface area contributed by atoms with Crippen LogP contribution < -0.4 is 0 Å². The highest BCUT2D eigenvalue weighted by Crippen LogP contribution is 2.37. The molecule has 55 heavy (non-hydrogen) atoms. The zero-order chi connectivity index (χ0) is 38.3. The lowest BCUT2D eigenvalue weighted by atomic mass is 9.87. The normalized spacial score (nSPS) is 20.6. The number of nitrogens with zero attached hydrogens (tertiary/aromatic N) is 2. The number of benzene rings is 5. The monoisotopic (exact) mass is 738 g/mol. The number of hydrogen-bond acceptors (Lipinski definition) is 10. The van der Waals surface area contributed by atoms with E-state index in [1.54, 1.807) is 109 Å². The van der Waals surface area contributed by atoms with Crippen LogP contribution in [0.1, 0.15) is 47.0 Å². The fourth-order valence-corrected chi connectivity index (χ4v) is 6.60. The van der Waals surface area contributed by atoms with E-state index in [0.29, 0.717) is 15.4 Å². The Bertz CT molecular complexity index is 2170. The van der Waals surface area contributed by atoms with Gasteiger partial charge in [0.2, 0.25) is 0 Å². The number of fused-ring (bicyclic) bond motifs is 1. The van der Waals surface area contributed by atoms with Crippen LogP contribution in [0, 0.1) is 0 Å². The molecule has 12 nitrogen and oxygen atoms in total. The third kappa shape index (κ3) is 7.81. The van der Waals surface area contributed by atoms with Crippen LogP contribution in [0.25, 0.3) is 0 Å². The molecule has 2 aliphatic heterocycles. The molecule has 0 aliphatic carbocycles. The maximum Gasteiger partial charge on any atom is 0.338 e. The third-order valence-corrected chi connectivity index (χ3v) is 9.23. The van der Waals surface area contributed by atoms with E-state index in [1.165, 1.54) is 36.4 Å². The molecule has 0 bridgehead atoms. The van der Waals surface area contributed by atoms with Crippen LogP contribution in [0.4, 0.5) is 0 Å². The van der Waals surface area contributed by atoms with Gasteiger partial charge in [0.1, 0.15) is 24.8 Å². The first-order valence-electron chi connectivity index (χ1n) is 17.5. The Hall–Kier alpha value is -6.76. The first kappa shape index (κ1) is 36.6. The summed E-state index contributed by atoms with van der Waals surface area (Å²) in [5, 5.41) is 0. The minimum Gasteiger partial charge on any atom is -0.459 e. The molecule has 0 radical (unpaired) electrons. The highest BCUT2D eigenvalue weighted by molar-refractivity contribution is 6.42. The largest absolute Gasteiger partial charge is 0.459 e. The Morgan fingerprint density at radius 2 is 0.945 bits per heavy atom. The second kappa shape index (κ2) is 16.5. The van der Waals surface area contributed by atoms with Crippen LogP contribution in [0.3, 0.4) is 0 Å². The summed E-state index contributed by atoms with van der Waals surface area (Å²) in [4.78, 5) is 85.9. The molecule has 276 valence electrons.